The van der Waals surface area contributed by atoms with E-state index in [-0.39, 0.29) is 12.0 Å². The van der Waals surface area contributed by atoms with Crippen molar-refractivity contribution in [3.63, 3.8) is 0 Å². The summed E-state index contributed by atoms with van der Waals surface area (Å²) in [5.41, 5.74) is 4.54. The lowest BCUT2D eigenvalue weighted by atomic mass is 10.0. The first-order chi connectivity index (χ1) is 18.7. The lowest BCUT2D eigenvalue weighted by molar-refractivity contribution is 0.0254. The van der Waals surface area contributed by atoms with E-state index < -0.39 is 0 Å². The fourth-order valence-corrected chi connectivity index (χ4v) is 4.81. The minimum atomic E-state index is -0.0790. The van der Waals surface area contributed by atoms with E-state index in [2.05, 4.69) is 16.0 Å². The second kappa shape index (κ2) is 10.6. The van der Waals surface area contributed by atoms with E-state index in [9.17, 15) is 10.1 Å². The molecule has 9 heteroatoms. The molecule has 38 heavy (non-hydrogen) atoms. The third-order valence-electron chi connectivity index (χ3n) is 6.85. The Morgan fingerprint density at radius 3 is 2.63 bits per heavy atom. The number of ether oxygens (including phenoxy) is 3. The molecule has 0 radical (unpaired) electrons. The van der Waals surface area contributed by atoms with Crippen LogP contribution in [0.1, 0.15) is 28.8 Å². The average molecular weight is 511 g/mol. The fraction of sp³-hybridized carbons (Fsp3) is 0.310. The fourth-order valence-electron chi connectivity index (χ4n) is 4.81. The molecule has 0 bridgehead atoms. The third kappa shape index (κ3) is 4.84. The van der Waals surface area contributed by atoms with Gasteiger partial charge in [-0.1, -0.05) is 6.07 Å². The van der Waals surface area contributed by atoms with E-state index in [4.69, 9.17) is 18.6 Å². The van der Waals surface area contributed by atoms with E-state index in [1.54, 1.807) is 29.6 Å². The molecule has 2 saturated heterocycles. The minimum absolute atomic E-state index is 0.0430. The molecule has 192 valence electrons. The van der Waals surface area contributed by atoms with Crippen LogP contribution >= 0.6 is 0 Å². The van der Waals surface area contributed by atoms with Crippen molar-refractivity contribution < 1.29 is 23.4 Å². The van der Waals surface area contributed by atoms with Gasteiger partial charge in [0, 0.05) is 61.7 Å². The van der Waals surface area contributed by atoms with Gasteiger partial charge in [-0.05, 0) is 29.8 Å². The maximum Gasteiger partial charge on any atom is 0.255 e. The standard InChI is InChI=1S/C29H26N4O5/c30-16-20-13-19(1-2-26(20)37-23-4-9-35-10-5-23)24-3-6-32-25-15-27(38-28(24)25)21-14-22(18-31-17-21)29(34)33-7-11-36-12-8-33/h1-3,6,13-15,17-18,23H,4-5,7-12H2. The second-order valence-corrected chi connectivity index (χ2v) is 9.30. The molecule has 0 saturated carbocycles. The summed E-state index contributed by atoms with van der Waals surface area (Å²) >= 11 is 0. The number of carbonyl (C=O) groups is 1. The monoisotopic (exact) mass is 510 g/mol. The number of pyridine rings is 2. The molecule has 0 spiro atoms. The Morgan fingerprint density at radius 1 is 1.00 bits per heavy atom. The van der Waals surface area contributed by atoms with Gasteiger partial charge in [0.1, 0.15) is 29.2 Å². The molecule has 2 aliphatic heterocycles. The first-order valence-electron chi connectivity index (χ1n) is 12.7. The number of hydrogen-bond donors (Lipinski definition) is 0. The van der Waals surface area contributed by atoms with Crippen molar-refractivity contribution in [1.82, 2.24) is 14.9 Å². The molecule has 1 aromatic carbocycles. The van der Waals surface area contributed by atoms with E-state index in [0.29, 0.717) is 78.8 Å². The lowest BCUT2D eigenvalue weighted by Gasteiger charge is -2.26. The van der Waals surface area contributed by atoms with E-state index in [1.165, 1.54) is 0 Å². The Morgan fingerprint density at radius 2 is 1.82 bits per heavy atom. The van der Waals surface area contributed by atoms with Gasteiger partial charge in [-0.25, -0.2) is 0 Å². The molecule has 3 aromatic heterocycles. The Kier molecular flexibility index (Phi) is 6.73. The van der Waals surface area contributed by atoms with Crippen molar-refractivity contribution in [2.45, 2.75) is 18.9 Å². The van der Waals surface area contributed by atoms with Crippen molar-refractivity contribution in [2.24, 2.45) is 0 Å². The molecule has 2 aliphatic rings. The zero-order valence-corrected chi connectivity index (χ0v) is 20.8. The minimum Gasteiger partial charge on any atom is -0.489 e. The summed E-state index contributed by atoms with van der Waals surface area (Å²) in [5, 5.41) is 9.81. The van der Waals surface area contributed by atoms with Gasteiger partial charge in [0.2, 0.25) is 0 Å². The summed E-state index contributed by atoms with van der Waals surface area (Å²) in [5.74, 6) is 1.05. The highest BCUT2D eigenvalue weighted by molar-refractivity contribution is 5.96. The van der Waals surface area contributed by atoms with Crippen LogP contribution in [0.2, 0.25) is 0 Å². The van der Waals surface area contributed by atoms with Crippen molar-refractivity contribution >= 4 is 17.0 Å². The molecule has 4 aromatic rings. The average Bonchev–Trinajstić information content (AvgIpc) is 3.43. The topological polar surface area (TPSA) is 111 Å². The Hall–Kier alpha value is -4.26. The van der Waals surface area contributed by atoms with Crippen LogP contribution in [-0.4, -0.2) is 66.4 Å². The van der Waals surface area contributed by atoms with Gasteiger partial charge < -0.3 is 23.5 Å². The normalized spacial score (nSPS) is 16.3. The summed E-state index contributed by atoms with van der Waals surface area (Å²) in [4.78, 5) is 23.5. The number of furan rings is 1. The number of fused-ring (bicyclic) bond motifs is 1. The Labute approximate surface area is 219 Å². The molecule has 1 amide bonds. The molecule has 0 atom stereocenters. The Bertz CT molecular complexity index is 1510. The molecular weight excluding hydrogens is 484 g/mol. The molecule has 0 N–H and O–H groups in total. The van der Waals surface area contributed by atoms with Gasteiger partial charge in [0.05, 0.1) is 37.6 Å². The summed E-state index contributed by atoms with van der Waals surface area (Å²) in [7, 11) is 0. The smallest absolute Gasteiger partial charge is 0.255 e. The van der Waals surface area contributed by atoms with Crippen LogP contribution in [0.25, 0.3) is 33.6 Å². The maximum absolute atomic E-state index is 13.0. The van der Waals surface area contributed by atoms with Crippen LogP contribution in [-0.2, 0) is 9.47 Å². The molecule has 0 aliphatic carbocycles. The number of nitriles is 1. The third-order valence-corrected chi connectivity index (χ3v) is 6.85. The quantitative estimate of drug-likeness (QED) is 0.387. The van der Waals surface area contributed by atoms with Crippen LogP contribution in [0.15, 0.2) is 59.4 Å². The number of rotatable bonds is 5. The van der Waals surface area contributed by atoms with Crippen LogP contribution < -0.4 is 4.74 Å². The predicted octanol–water partition coefficient (Wildman–Crippen LogP) is 4.46. The summed E-state index contributed by atoms with van der Waals surface area (Å²) in [6, 6.07) is 13.3. The number of amides is 1. The van der Waals surface area contributed by atoms with Crippen LogP contribution in [0.3, 0.4) is 0 Å². The van der Waals surface area contributed by atoms with Crippen LogP contribution in [0, 0.1) is 11.3 Å². The number of carbonyl (C=O) groups excluding carboxylic acids is 1. The van der Waals surface area contributed by atoms with E-state index in [0.717, 1.165) is 24.0 Å². The zero-order valence-electron chi connectivity index (χ0n) is 20.8. The summed E-state index contributed by atoms with van der Waals surface area (Å²) in [6.45, 7) is 3.52. The van der Waals surface area contributed by atoms with Gasteiger partial charge in [-0.15, -0.1) is 0 Å². The number of aromatic nitrogens is 2. The molecular formula is C29H26N4O5. The SMILES string of the molecule is N#Cc1cc(-c2ccnc3cc(-c4cncc(C(=O)N5CCOCC5)c4)oc23)ccc1OC1CCOCC1. The number of morpholine rings is 1. The van der Waals surface area contributed by atoms with Crippen molar-refractivity contribution in [1.29, 1.82) is 5.26 Å². The summed E-state index contributed by atoms with van der Waals surface area (Å²) < 4.78 is 23.1. The number of nitrogens with zero attached hydrogens (tertiary/aromatic N) is 4. The largest absolute Gasteiger partial charge is 0.489 e. The van der Waals surface area contributed by atoms with Gasteiger partial charge in [0.25, 0.3) is 5.91 Å². The maximum atomic E-state index is 13.0. The number of hydrogen-bond acceptors (Lipinski definition) is 8. The molecule has 2 fully saturated rings. The van der Waals surface area contributed by atoms with Gasteiger partial charge in [-0.3, -0.25) is 14.8 Å². The van der Waals surface area contributed by atoms with E-state index >= 15 is 0 Å². The van der Waals surface area contributed by atoms with Crippen molar-refractivity contribution in [3.05, 3.63) is 66.1 Å². The van der Waals surface area contributed by atoms with Gasteiger partial charge in [-0.2, -0.15) is 5.26 Å². The van der Waals surface area contributed by atoms with Gasteiger partial charge >= 0.3 is 0 Å². The van der Waals surface area contributed by atoms with Crippen LogP contribution in [0.4, 0.5) is 0 Å². The Balaban J connectivity index is 1.30. The lowest BCUT2D eigenvalue weighted by Crippen LogP contribution is -2.40. The number of benzene rings is 1. The molecule has 0 unspecified atom stereocenters. The first-order valence-corrected chi connectivity index (χ1v) is 12.7. The highest BCUT2D eigenvalue weighted by Gasteiger charge is 2.21. The zero-order chi connectivity index (χ0) is 25.9. The summed E-state index contributed by atoms with van der Waals surface area (Å²) in [6.07, 6.45) is 6.61. The van der Waals surface area contributed by atoms with Crippen molar-refractivity contribution in [3.8, 4) is 34.3 Å². The first kappa shape index (κ1) is 24.1. The van der Waals surface area contributed by atoms with E-state index in [1.807, 2.05) is 30.3 Å². The highest BCUT2D eigenvalue weighted by Crippen LogP contribution is 2.35. The van der Waals surface area contributed by atoms with Crippen LogP contribution in [0.5, 0.6) is 5.75 Å². The predicted molar refractivity (Wildman–Crippen MR) is 139 cm³/mol. The molecule has 5 heterocycles. The molecule has 6 rings (SSSR count). The van der Waals surface area contributed by atoms with Crippen molar-refractivity contribution in [2.75, 3.05) is 39.5 Å². The molecule has 9 nitrogen and oxygen atoms in total. The van der Waals surface area contributed by atoms with Gasteiger partial charge in [0.15, 0.2) is 5.58 Å². The highest BCUT2D eigenvalue weighted by atomic mass is 16.5. The second-order valence-electron chi connectivity index (χ2n) is 9.30.